The van der Waals surface area contributed by atoms with Crippen molar-refractivity contribution < 1.29 is 14.8 Å². The predicted octanol–water partition coefficient (Wildman–Crippen LogP) is 3.22. The van der Waals surface area contributed by atoms with Crippen molar-refractivity contribution in [3.63, 3.8) is 0 Å². The summed E-state index contributed by atoms with van der Waals surface area (Å²) in [6, 6.07) is 12.0. The van der Waals surface area contributed by atoms with E-state index in [-0.39, 0.29) is 12.3 Å². The first kappa shape index (κ1) is 16.5. The summed E-state index contributed by atoms with van der Waals surface area (Å²) in [5, 5.41) is 23.4. The zero-order valence-corrected chi connectivity index (χ0v) is 12.7. The van der Waals surface area contributed by atoms with Gasteiger partial charge in [-0.2, -0.15) is 0 Å². The fourth-order valence-corrected chi connectivity index (χ4v) is 2.17. The van der Waals surface area contributed by atoms with Crippen LogP contribution in [0.25, 0.3) is 6.08 Å². The molecule has 0 saturated heterocycles. The number of nitro groups is 1. The Morgan fingerprint density at radius 3 is 2.78 bits per heavy atom. The van der Waals surface area contributed by atoms with Crippen molar-refractivity contribution in [3.05, 3.63) is 69.8 Å². The Morgan fingerprint density at radius 1 is 1.30 bits per heavy atom. The first-order valence-corrected chi connectivity index (χ1v) is 7.07. The second-order valence-corrected chi connectivity index (χ2v) is 4.78. The Kier molecular flexibility index (Phi) is 5.71. The minimum Gasteiger partial charge on any atom is -0.496 e. The fourth-order valence-electron chi connectivity index (χ4n) is 2.17. The van der Waals surface area contributed by atoms with Crippen LogP contribution in [0, 0.1) is 10.1 Å². The van der Waals surface area contributed by atoms with Gasteiger partial charge in [0, 0.05) is 23.9 Å². The maximum absolute atomic E-state index is 10.9. The molecule has 0 fully saturated rings. The summed E-state index contributed by atoms with van der Waals surface area (Å²) in [7, 11) is 1.55. The molecule has 0 heterocycles. The molecule has 120 valence electrons. The quantitative estimate of drug-likeness (QED) is 0.605. The number of nitro benzene ring substituents is 1. The summed E-state index contributed by atoms with van der Waals surface area (Å²) in [6.45, 7) is 0.397. The van der Waals surface area contributed by atoms with Crippen molar-refractivity contribution in [1.82, 2.24) is 0 Å². The molecular formula is C17H18N2O4. The SMILES string of the molecule is COc1ccc(NC/C=C/c2ccccc2[N+](=O)[O-])cc1CO. The van der Waals surface area contributed by atoms with E-state index >= 15 is 0 Å². The number of nitrogens with zero attached hydrogens (tertiary/aromatic N) is 1. The van der Waals surface area contributed by atoms with Gasteiger partial charge in [0.15, 0.2) is 0 Å². The van der Waals surface area contributed by atoms with Crippen LogP contribution in [0.1, 0.15) is 11.1 Å². The average Bonchev–Trinajstić information content (AvgIpc) is 2.58. The van der Waals surface area contributed by atoms with Gasteiger partial charge in [-0.3, -0.25) is 10.1 Å². The number of anilines is 1. The minimum absolute atomic E-state index is 0.0794. The van der Waals surface area contributed by atoms with Gasteiger partial charge in [0.05, 0.1) is 24.2 Å². The van der Waals surface area contributed by atoms with Crippen LogP contribution in [-0.4, -0.2) is 23.7 Å². The smallest absolute Gasteiger partial charge is 0.276 e. The van der Waals surface area contributed by atoms with E-state index in [2.05, 4.69) is 5.32 Å². The van der Waals surface area contributed by atoms with Gasteiger partial charge in [-0.15, -0.1) is 0 Å². The van der Waals surface area contributed by atoms with E-state index < -0.39 is 4.92 Å². The summed E-state index contributed by atoms with van der Waals surface area (Å²) < 4.78 is 5.14. The third-order valence-electron chi connectivity index (χ3n) is 3.31. The number of ether oxygens (including phenoxy) is 1. The van der Waals surface area contributed by atoms with Gasteiger partial charge in [-0.05, 0) is 24.3 Å². The van der Waals surface area contributed by atoms with Gasteiger partial charge in [0.1, 0.15) is 5.75 Å². The number of nitrogens with one attached hydrogen (secondary N) is 1. The molecule has 0 aromatic heterocycles. The highest BCUT2D eigenvalue weighted by molar-refractivity contribution is 5.61. The topological polar surface area (TPSA) is 84.6 Å². The van der Waals surface area contributed by atoms with E-state index in [1.54, 1.807) is 43.5 Å². The summed E-state index contributed by atoms with van der Waals surface area (Å²) >= 11 is 0. The summed E-state index contributed by atoms with van der Waals surface area (Å²) in [6.07, 6.45) is 3.52. The lowest BCUT2D eigenvalue weighted by molar-refractivity contribution is -0.385. The Balaban J connectivity index is 2.01. The first-order chi connectivity index (χ1) is 11.2. The molecule has 0 aliphatic rings. The lowest BCUT2D eigenvalue weighted by Crippen LogP contribution is -2.00. The van der Waals surface area contributed by atoms with Crippen molar-refractivity contribution in [1.29, 1.82) is 0 Å². The molecule has 2 aromatic carbocycles. The molecule has 0 atom stereocenters. The summed E-state index contributed by atoms with van der Waals surface area (Å²) in [4.78, 5) is 10.5. The van der Waals surface area contributed by atoms with Crippen molar-refractivity contribution in [2.24, 2.45) is 0 Å². The van der Waals surface area contributed by atoms with Crippen molar-refractivity contribution in [3.8, 4) is 5.75 Å². The van der Waals surface area contributed by atoms with Gasteiger partial charge >= 0.3 is 0 Å². The standard InChI is InChI=1S/C17H18N2O4/c1-23-17-9-8-15(11-14(17)12-20)18-10-4-6-13-5-2-3-7-16(13)19(21)22/h2-9,11,18,20H,10,12H2,1H3/b6-4+. The van der Waals surface area contributed by atoms with Crippen molar-refractivity contribution in [2.45, 2.75) is 6.61 Å². The molecule has 2 rings (SSSR count). The molecule has 0 aliphatic carbocycles. The molecule has 0 radical (unpaired) electrons. The molecule has 2 aromatic rings. The molecule has 0 amide bonds. The lowest BCUT2D eigenvalue weighted by Gasteiger charge is -2.09. The van der Waals surface area contributed by atoms with E-state index in [0.717, 1.165) is 5.69 Å². The Hall–Kier alpha value is -2.86. The van der Waals surface area contributed by atoms with Gasteiger partial charge in [0.2, 0.25) is 0 Å². The monoisotopic (exact) mass is 314 g/mol. The number of methoxy groups -OCH3 is 1. The van der Waals surface area contributed by atoms with Crippen molar-refractivity contribution in [2.75, 3.05) is 19.0 Å². The number of aliphatic hydroxyl groups excluding tert-OH is 1. The van der Waals surface area contributed by atoms with Crippen LogP contribution in [0.15, 0.2) is 48.5 Å². The molecule has 6 nitrogen and oxygen atoms in total. The molecule has 0 unspecified atom stereocenters. The van der Waals surface area contributed by atoms with E-state index in [4.69, 9.17) is 4.74 Å². The minimum atomic E-state index is -0.399. The molecule has 23 heavy (non-hydrogen) atoms. The van der Waals surface area contributed by atoms with Gasteiger partial charge in [-0.25, -0.2) is 0 Å². The van der Waals surface area contributed by atoms with Crippen LogP contribution < -0.4 is 10.1 Å². The van der Waals surface area contributed by atoms with Crippen LogP contribution in [0.4, 0.5) is 11.4 Å². The number of benzene rings is 2. The highest BCUT2D eigenvalue weighted by Crippen LogP contribution is 2.22. The van der Waals surface area contributed by atoms with Crippen LogP contribution >= 0.6 is 0 Å². The molecule has 0 bridgehead atoms. The van der Waals surface area contributed by atoms with Gasteiger partial charge in [-0.1, -0.05) is 24.3 Å². The van der Waals surface area contributed by atoms with Gasteiger partial charge < -0.3 is 15.2 Å². The second-order valence-electron chi connectivity index (χ2n) is 4.78. The zero-order chi connectivity index (χ0) is 16.7. The van der Waals surface area contributed by atoms with E-state index in [1.165, 1.54) is 6.07 Å². The van der Waals surface area contributed by atoms with E-state index in [0.29, 0.717) is 23.4 Å². The molecule has 0 aliphatic heterocycles. The van der Waals surface area contributed by atoms with Crippen LogP contribution in [0.5, 0.6) is 5.75 Å². The molecular weight excluding hydrogens is 296 g/mol. The Labute approximate surface area is 134 Å². The number of para-hydroxylation sites is 1. The maximum atomic E-state index is 10.9. The first-order valence-electron chi connectivity index (χ1n) is 7.07. The van der Waals surface area contributed by atoms with Gasteiger partial charge in [0.25, 0.3) is 5.69 Å². The predicted molar refractivity (Wildman–Crippen MR) is 89.5 cm³/mol. The number of aliphatic hydroxyl groups is 1. The number of hydrogen-bond donors (Lipinski definition) is 2. The molecule has 6 heteroatoms. The molecule has 2 N–H and O–H groups in total. The number of rotatable bonds is 7. The Morgan fingerprint density at radius 2 is 2.09 bits per heavy atom. The normalized spacial score (nSPS) is 10.7. The lowest BCUT2D eigenvalue weighted by atomic mass is 10.1. The van der Waals surface area contributed by atoms with Crippen LogP contribution in [0.2, 0.25) is 0 Å². The second kappa shape index (κ2) is 7.95. The van der Waals surface area contributed by atoms with Crippen LogP contribution in [-0.2, 0) is 6.61 Å². The third-order valence-corrected chi connectivity index (χ3v) is 3.31. The van der Waals surface area contributed by atoms with E-state index in [9.17, 15) is 15.2 Å². The summed E-state index contributed by atoms with van der Waals surface area (Å²) in [5.41, 5.74) is 2.17. The van der Waals surface area contributed by atoms with Crippen LogP contribution in [0.3, 0.4) is 0 Å². The third kappa shape index (κ3) is 4.31. The molecule has 0 saturated carbocycles. The molecule has 0 spiro atoms. The largest absolute Gasteiger partial charge is 0.496 e. The summed E-state index contributed by atoms with van der Waals surface area (Å²) in [5.74, 6) is 0.633. The fraction of sp³-hybridized carbons (Fsp3) is 0.176. The van der Waals surface area contributed by atoms with E-state index in [1.807, 2.05) is 12.1 Å². The van der Waals surface area contributed by atoms with Crippen molar-refractivity contribution >= 4 is 17.5 Å². The average molecular weight is 314 g/mol. The Bertz CT molecular complexity index is 713. The highest BCUT2D eigenvalue weighted by Gasteiger charge is 2.08. The highest BCUT2D eigenvalue weighted by atomic mass is 16.6. The zero-order valence-electron chi connectivity index (χ0n) is 12.7. The number of hydrogen-bond acceptors (Lipinski definition) is 5. The maximum Gasteiger partial charge on any atom is 0.276 e.